The molecule has 9 heteroatoms. The van der Waals surface area contributed by atoms with Gasteiger partial charge in [-0.2, -0.15) is 0 Å². The average molecular weight is 514 g/mol. The number of rotatable bonds is 7. The summed E-state index contributed by atoms with van der Waals surface area (Å²) in [6, 6.07) is 12.9. The minimum Gasteiger partial charge on any atom is -0.489 e. The Morgan fingerprint density at radius 3 is 2.69 bits per heavy atom. The summed E-state index contributed by atoms with van der Waals surface area (Å²) in [4.78, 5) is 35.2. The van der Waals surface area contributed by atoms with Crippen LogP contribution in [0.2, 0.25) is 10.0 Å². The molecule has 7 nitrogen and oxygen atoms in total. The van der Waals surface area contributed by atoms with Crippen molar-refractivity contribution in [1.29, 1.82) is 0 Å². The Balaban J connectivity index is 1.34. The normalized spacial score (nSPS) is 21.7. The van der Waals surface area contributed by atoms with Gasteiger partial charge in [0.1, 0.15) is 12.4 Å². The molecular formula is C26H25Cl2N3O4. The van der Waals surface area contributed by atoms with E-state index in [9.17, 15) is 14.7 Å². The van der Waals surface area contributed by atoms with Crippen molar-refractivity contribution in [3.05, 3.63) is 81.4 Å². The minimum atomic E-state index is -1.60. The lowest BCUT2D eigenvalue weighted by Crippen LogP contribution is -2.47. The molecule has 5 rings (SSSR count). The first-order chi connectivity index (χ1) is 16.9. The molecule has 1 aliphatic carbocycles. The van der Waals surface area contributed by atoms with E-state index in [1.165, 1.54) is 0 Å². The van der Waals surface area contributed by atoms with Crippen LogP contribution < -0.4 is 4.74 Å². The van der Waals surface area contributed by atoms with Crippen molar-refractivity contribution in [3.8, 4) is 5.75 Å². The molecular weight excluding hydrogens is 489 g/mol. The highest BCUT2D eigenvalue weighted by molar-refractivity contribution is 6.36. The summed E-state index contributed by atoms with van der Waals surface area (Å²) in [6.07, 6.45) is 3.95. The highest BCUT2D eigenvalue weighted by atomic mass is 35.5. The predicted octanol–water partition coefficient (Wildman–Crippen LogP) is 4.70. The number of carboxylic acids is 1. The van der Waals surface area contributed by atoms with Crippen LogP contribution in [0.15, 0.2) is 48.8 Å². The number of imidazole rings is 1. The number of aromatic nitrogens is 2. The van der Waals surface area contributed by atoms with Crippen molar-refractivity contribution in [2.75, 3.05) is 6.54 Å². The van der Waals surface area contributed by atoms with Crippen LogP contribution in [0, 0.1) is 5.41 Å². The maximum Gasteiger partial charge on any atom is 0.319 e. The van der Waals surface area contributed by atoms with Gasteiger partial charge in [-0.05, 0) is 42.5 Å². The van der Waals surface area contributed by atoms with Gasteiger partial charge in [-0.3, -0.25) is 9.59 Å². The van der Waals surface area contributed by atoms with Crippen LogP contribution in [-0.2, 0) is 35.5 Å². The van der Waals surface area contributed by atoms with Gasteiger partial charge in [-0.1, -0.05) is 53.5 Å². The fourth-order valence-corrected chi connectivity index (χ4v) is 5.70. The molecule has 2 aliphatic rings. The smallest absolute Gasteiger partial charge is 0.319 e. The van der Waals surface area contributed by atoms with Gasteiger partial charge in [-0.25, -0.2) is 4.98 Å². The van der Waals surface area contributed by atoms with E-state index in [4.69, 9.17) is 27.9 Å². The molecule has 3 aromatic rings. The zero-order chi connectivity index (χ0) is 24.6. The summed E-state index contributed by atoms with van der Waals surface area (Å²) in [5, 5.41) is 10.8. The summed E-state index contributed by atoms with van der Waals surface area (Å²) >= 11 is 13.1. The third kappa shape index (κ3) is 4.50. The Morgan fingerprint density at radius 2 is 1.97 bits per heavy atom. The second-order valence-corrected chi connectivity index (χ2v) is 9.99. The number of aliphatic carboxylic acids is 1. The number of hydrogen-bond donors (Lipinski definition) is 2. The van der Waals surface area contributed by atoms with Crippen molar-refractivity contribution in [2.24, 2.45) is 5.41 Å². The lowest BCUT2D eigenvalue weighted by Gasteiger charge is -2.32. The number of halogens is 2. The number of carbonyl (C=O) groups is 2. The number of aryl methyl sites for hydroxylation is 1. The third-order valence-corrected chi connectivity index (χ3v) is 7.78. The number of hydrogen-bond acceptors (Lipinski definition) is 4. The number of nitrogens with zero attached hydrogens (tertiary/aromatic N) is 2. The maximum atomic E-state index is 13.6. The zero-order valence-electron chi connectivity index (χ0n) is 19.0. The molecule has 1 aromatic heterocycles. The molecule has 1 amide bonds. The summed E-state index contributed by atoms with van der Waals surface area (Å²) in [7, 11) is 0. The Labute approximate surface area is 213 Å². The summed E-state index contributed by atoms with van der Waals surface area (Å²) in [5.41, 5.74) is 1.87. The van der Waals surface area contributed by atoms with Gasteiger partial charge in [0.25, 0.3) is 0 Å². The van der Waals surface area contributed by atoms with Gasteiger partial charge >= 0.3 is 5.97 Å². The Hall–Kier alpha value is -3.03. The summed E-state index contributed by atoms with van der Waals surface area (Å²) in [5.74, 6) is -1.05. The average Bonchev–Trinajstić information content (AvgIpc) is 3.45. The number of ether oxygens (including phenoxy) is 1. The van der Waals surface area contributed by atoms with Crippen LogP contribution in [0.3, 0.4) is 0 Å². The zero-order valence-corrected chi connectivity index (χ0v) is 20.5. The molecule has 0 saturated carbocycles. The largest absolute Gasteiger partial charge is 0.489 e. The SMILES string of the molecule is O=C(O)C1(Cc2c(Cl)cc(OCc3ccccc3)cc2Cl)CCN(C2CCc3nc[nH]c3C2)C1=O. The molecule has 2 heterocycles. The molecule has 1 saturated heterocycles. The molecule has 2 aromatic carbocycles. The van der Waals surface area contributed by atoms with Gasteiger partial charge in [-0.15, -0.1) is 0 Å². The van der Waals surface area contributed by atoms with E-state index in [2.05, 4.69) is 9.97 Å². The van der Waals surface area contributed by atoms with Crippen molar-refractivity contribution >= 4 is 35.1 Å². The van der Waals surface area contributed by atoms with Crippen molar-refractivity contribution < 1.29 is 19.4 Å². The number of carbonyl (C=O) groups excluding carboxylic acids is 1. The van der Waals surface area contributed by atoms with E-state index >= 15 is 0 Å². The molecule has 182 valence electrons. The van der Waals surface area contributed by atoms with E-state index in [-0.39, 0.29) is 34.8 Å². The lowest BCUT2D eigenvalue weighted by atomic mass is 9.80. The monoisotopic (exact) mass is 513 g/mol. The quantitative estimate of drug-likeness (QED) is 0.446. The number of likely N-dealkylation sites (tertiary alicyclic amines) is 1. The van der Waals surface area contributed by atoms with E-state index in [0.29, 0.717) is 30.9 Å². The van der Waals surface area contributed by atoms with Crippen LogP contribution in [0.5, 0.6) is 5.75 Å². The van der Waals surface area contributed by atoms with E-state index < -0.39 is 11.4 Å². The van der Waals surface area contributed by atoms with Gasteiger partial charge < -0.3 is 19.7 Å². The highest BCUT2D eigenvalue weighted by Crippen LogP contribution is 2.42. The Bertz CT molecular complexity index is 1240. The van der Waals surface area contributed by atoms with E-state index in [1.807, 2.05) is 30.3 Å². The maximum absolute atomic E-state index is 13.6. The van der Waals surface area contributed by atoms with Crippen LogP contribution in [0.4, 0.5) is 0 Å². The number of amides is 1. The third-order valence-electron chi connectivity index (χ3n) is 7.10. The van der Waals surface area contributed by atoms with E-state index in [0.717, 1.165) is 29.8 Å². The lowest BCUT2D eigenvalue weighted by molar-refractivity contribution is -0.156. The first-order valence-corrected chi connectivity index (χ1v) is 12.3. The van der Waals surface area contributed by atoms with Gasteiger partial charge in [0.2, 0.25) is 5.91 Å². The number of H-pyrrole nitrogens is 1. The minimum absolute atomic E-state index is 0.0589. The standard InChI is InChI=1S/C26H25Cl2N3O4/c27-20-11-18(35-14-16-4-2-1-3-5-16)12-21(28)19(20)13-26(25(33)34)8-9-31(24(26)32)17-6-7-22-23(10-17)30-15-29-22/h1-5,11-12,15,17H,6-10,13-14H2,(H,29,30)(H,33,34). The van der Waals surface area contributed by atoms with Gasteiger partial charge in [0.05, 0.1) is 12.0 Å². The van der Waals surface area contributed by atoms with Crippen LogP contribution in [0.25, 0.3) is 0 Å². The molecule has 2 unspecified atom stereocenters. The number of fused-ring (bicyclic) bond motifs is 1. The van der Waals surface area contributed by atoms with Crippen molar-refractivity contribution in [1.82, 2.24) is 14.9 Å². The summed E-state index contributed by atoms with van der Waals surface area (Å²) in [6.45, 7) is 0.728. The molecule has 2 N–H and O–H groups in total. The van der Waals surface area contributed by atoms with Gasteiger partial charge in [0, 0.05) is 41.2 Å². The Kier molecular flexibility index (Phi) is 6.47. The first kappa shape index (κ1) is 23.7. The molecule has 0 spiro atoms. The topological polar surface area (TPSA) is 95.5 Å². The second kappa shape index (κ2) is 9.55. The van der Waals surface area contributed by atoms with Gasteiger partial charge in [0.15, 0.2) is 5.41 Å². The molecule has 1 fully saturated rings. The van der Waals surface area contributed by atoms with E-state index in [1.54, 1.807) is 23.4 Å². The molecule has 0 radical (unpaired) electrons. The molecule has 35 heavy (non-hydrogen) atoms. The number of carboxylic acid groups (broad SMARTS) is 1. The van der Waals surface area contributed by atoms with Crippen LogP contribution in [-0.4, -0.2) is 44.4 Å². The van der Waals surface area contributed by atoms with Crippen LogP contribution in [0.1, 0.15) is 35.4 Å². The fraction of sp³-hybridized carbons (Fsp3) is 0.346. The predicted molar refractivity (Wildman–Crippen MR) is 132 cm³/mol. The highest BCUT2D eigenvalue weighted by Gasteiger charge is 2.55. The second-order valence-electron chi connectivity index (χ2n) is 9.18. The fourth-order valence-electron chi connectivity index (χ4n) is 5.10. The van der Waals surface area contributed by atoms with Crippen molar-refractivity contribution in [3.63, 3.8) is 0 Å². The van der Waals surface area contributed by atoms with Crippen molar-refractivity contribution in [2.45, 2.75) is 44.8 Å². The number of aromatic amines is 1. The Morgan fingerprint density at radius 1 is 1.23 bits per heavy atom. The number of nitrogens with one attached hydrogen (secondary N) is 1. The molecule has 1 aliphatic heterocycles. The molecule has 0 bridgehead atoms. The summed E-state index contributed by atoms with van der Waals surface area (Å²) < 4.78 is 5.82. The molecule has 2 atom stereocenters. The van der Waals surface area contributed by atoms with Crippen LogP contribution >= 0.6 is 23.2 Å². The first-order valence-electron chi connectivity index (χ1n) is 11.6. The number of benzene rings is 2.